The fourth-order valence-electron chi connectivity index (χ4n) is 3.38. The number of alkyl halides is 1. The summed E-state index contributed by atoms with van der Waals surface area (Å²) >= 11 is 3.53. The molecule has 1 unspecified atom stereocenters. The number of nitrogens with zero attached hydrogens (tertiary/aromatic N) is 3. The lowest BCUT2D eigenvalue weighted by Gasteiger charge is -2.20. The van der Waals surface area contributed by atoms with Gasteiger partial charge < -0.3 is 26.2 Å². The number of anilines is 1. The number of pyridine rings is 1. The van der Waals surface area contributed by atoms with E-state index in [0.717, 1.165) is 40.1 Å². The molecular weight excluding hydrogens is 585 g/mol. The van der Waals surface area contributed by atoms with Crippen LogP contribution in [0.3, 0.4) is 0 Å². The Morgan fingerprint density at radius 3 is 2.69 bits per heavy atom. The van der Waals surface area contributed by atoms with Gasteiger partial charge in [0.1, 0.15) is 5.82 Å². The predicted octanol–water partition coefficient (Wildman–Crippen LogP) is 0.841. The molecule has 3 rings (SSSR count). The molecule has 2 aromatic rings. The molecule has 1 aliphatic rings. The number of carbonyl (C=O) groups is 4. The Kier molecular flexibility index (Phi) is 9.92. The molecule has 0 saturated heterocycles. The third-order valence-electron chi connectivity index (χ3n) is 5.19. The lowest BCUT2D eigenvalue weighted by Crippen LogP contribution is -2.48. The zero-order valence-corrected chi connectivity index (χ0v) is 22.5. The van der Waals surface area contributed by atoms with E-state index in [9.17, 15) is 19.2 Å². The smallest absolute Gasteiger partial charge is 0.314 e. The molecule has 13 heteroatoms. The number of hydrogen-bond donors (Lipinski definition) is 4. The first-order valence-corrected chi connectivity index (χ1v) is 13.5. The van der Waals surface area contributed by atoms with Crippen molar-refractivity contribution < 1.29 is 19.2 Å². The standard InChI is InChI=1S/C22H28IN7O4S/c1-3-24-18(31)8-14(27-21(34)22-28-15-6-7-30(2)12-16(15)35-22)11-26-19(32)20(33)29-17-5-4-13(9-23)10-25-17/h4-5,10,14H,3,6-9,11-12H2,1-2H3,(H,24,31)(H,26,32)(H,27,34)(H,25,29,33). The maximum absolute atomic E-state index is 12.9. The molecule has 4 amide bonds. The number of amides is 4. The van der Waals surface area contributed by atoms with E-state index in [1.165, 1.54) is 11.3 Å². The molecule has 188 valence electrons. The average Bonchev–Trinajstić information content (AvgIpc) is 3.26. The molecule has 11 nitrogen and oxygen atoms in total. The van der Waals surface area contributed by atoms with E-state index < -0.39 is 23.8 Å². The summed E-state index contributed by atoms with van der Waals surface area (Å²) in [5, 5.41) is 10.7. The van der Waals surface area contributed by atoms with E-state index in [2.05, 4.69) is 58.7 Å². The summed E-state index contributed by atoms with van der Waals surface area (Å²) in [6.45, 7) is 3.73. The van der Waals surface area contributed by atoms with Crippen LogP contribution in [0, 0.1) is 0 Å². The van der Waals surface area contributed by atoms with Crippen LogP contribution in [-0.4, -0.2) is 71.2 Å². The van der Waals surface area contributed by atoms with Crippen molar-refractivity contribution in [3.05, 3.63) is 39.5 Å². The Hall–Kier alpha value is -2.65. The molecule has 4 N–H and O–H groups in total. The summed E-state index contributed by atoms with van der Waals surface area (Å²) in [5.74, 6) is -2.23. The van der Waals surface area contributed by atoms with Crippen molar-refractivity contribution in [2.75, 3.05) is 32.0 Å². The Labute approximate surface area is 221 Å². The highest BCUT2D eigenvalue weighted by atomic mass is 127. The van der Waals surface area contributed by atoms with Gasteiger partial charge in [-0.15, -0.1) is 11.3 Å². The molecule has 3 heterocycles. The average molecular weight is 613 g/mol. The van der Waals surface area contributed by atoms with E-state index in [-0.39, 0.29) is 24.7 Å². The Balaban J connectivity index is 1.59. The summed E-state index contributed by atoms with van der Waals surface area (Å²) in [7, 11) is 2.01. The van der Waals surface area contributed by atoms with Gasteiger partial charge in [0.15, 0.2) is 5.01 Å². The van der Waals surface area contributed by atoms with Crippen LogP contribution in [0.1, 0.15) is 39.3 Å². The van der Waals surface area contributed by atoms with Crippen LogP contribution in [0.4, 0.5) is 5.82 Å². The SMILES string of the molecule is CCNC(=O)CC(CNC(=O)C(=O)Nc1ccc(CI)cn1)NC(=O)c1nc2c(s1)CN(C)CC2. The maximum Gasteiger partial charge on any atom is 0.314 e. The monoisotopic (exact) mass is 613 g/mol. The minimum absolute atomic E-state index is 0.0609. The van der Waals surface area contributed by atoms with E-state index in [1.807, 2.05) is 7.05 Å². The van der Waals surface area contributed by atoms with Crippen molar-refractivity contribution >= 4 is 63.4 Å². The second-order valence-electron chi connectivity index (χ2n) is 8.05. The minimum atomic E-state index is -0.896. The van der Waals surface area contributed by atoms with Gasteiger partial charge in [-0.3, -0.25) is 19.2 Å². The van der Waals surface area contributed by atoms with Crippen LogP contribution < -0.4 is 21.3 Å². The van der Waals surface area contributed by atoms with Gasteiger partial charge in [0, 0.05) is 54.5 Å². The normalized spacial score (nSPS) is 13.9. The minimum Gasteiger partial charge on any atom is -0.356 e. The summed E-state index contributed by atoms with van der Waals surface area (Å²) in [4.78, 5) is 61.3. The molecule has 0 aromatic carbocycles. The zero-order valence-electron chi connectivity index (χ0n) is 19.5. The van der Waals surface area contributed by atoms with Gasteiger partial charge in [0.05, 0.1) is 11.7 Å². The van der Waals surface area contributed by atoms with E-state index in [1.54, 1.807) is 25.3 Å². The Morgan fingerprint density at radius 1 is 1.20 bits per heavy atom. The van der Waals surface area contributed by atoms with Crippen molar-refractivity contribution in [3.8, 4) is 0 Å². The van der Waals surface area contributed by atoms with E-state index >= 15 is 0 Å². The fraction of sp³-hybridized carbons (Fsp3) is 0.455. The number of likely N-dealkylation sites (N-methyl/N-ethyl adjacent to an activating group) is 1. The summed E-state index contributed by atoms with van der Waals surface area (Å²) < 4.78 is 0.777. The van der Waals surface area contributed by atoms with E-state index in [0.29, 0.717) is 11.6 Å². The number of fused-ring (bicyclic) bond motifs is 1. The molecule has 0 aliphatic carbocycles. The Morgan fingerprint density at radius 2 is 2.00 bits per heavy atom. The van der Waals surface area contributed by atoms with Crippen molar-refractivity contribution in [3.63, 3.8) is 0 Å². The first kappa shape index (κ1) is 26.9. The molecule has 1 atom stereocenters. The highest BCUT2D eigenvalue weighted by Crippen LogP contribution is 2.24. The van der Waals surface area contributed by atoms with Gasteiger partial charge in [-0.2, -0.15) is 0 Å². The second-order valence-corrected chi connectivity index (χ2v) is 9.90. The van der Waals surface area contributed by atoms with Crippen LogP contribution >= 0.6 is 33.9 Å². The van der Waals surface area contributed by atoms with Gasteiger partial charge in [0.2, 0.25) is 5.91 Å². The van der Waals surface area contributed by atoms with Crippen LogP contribution in [0.25, 0.3) is 0 Å². The lowest BCUT2D eigenvalue weighted by molar-refractivity contribution is -0.136. The van der Waals surface area contributed by atoms with Crippen LogP contribution in [0.15, 0.2) is 18.3 Å². The largest absolute Gasteiger partial charge is 0.356 e. The summed E-state index contributed by atoms with van der Waals surface area (Å²) in [6, 6.07) is 2.69. The predicted molar refractivity (Wildman–Crippen MR) is 140 cm³/mol. The highest BCUT2D eigenvalue weighted by molar-refractivity contribution is 14.1. The number of aromatic nitrogens is 2. The summed E-state index contributed by atoms with van der Waals surface area (Å²) in [5.41, 5.74) is 1.91. The maximum atomic E-state index is 12.9. The van der Waals surface area contributed by atoms with Gasteiger partial charge in [-0.25, -0.2) is 9.97 Å². The van der Waals surface area contributed by atoms with Crippen LogP contribution in [0.2, 0.25) is 0 Å². The molecule has 0 saturated carbocycles. The summed E-state index contributed by atoms with van der Waals surface area (Å²) in [6.07, 6.45) is 2.33. The van der Waals surface area contributed by atoms with Crippen molar-refractivity contribution in [2.45, 2.75) is 36.8 Å². The third kappa shape index (κ3) is 7.93. The van der Waals surface area contributed by atoms with E-state index in [4.69, 9.17) is 0 Å². The molecule has 2 aromatic heterocycles. The van der Waals surface area contributed by atoms with Crippen LogP contribution in [-0.2, 0) is 31.8 Å². The number of carbonyl (C=O) groups excluding carboxylic acids is 4. The van der Waals surface area contributed by atoms with Crippen molar-refractivity contribution in [1.29, 1.82) is 0 Å². The van der Waals surface area contributed by atoms with Gasteiger partial charge in [0.25, 0.3) is 5.91 Å². The van der Waals surface area contributed by atoms with Gasteiger partial charge in [-0.05, 0) is 25.6 Å². The topological polar surface area (TPSA) is 145 Å². The fourth-order valence-corrected chi connectivity index (χ4v) is 4.92. The van der Waals surface area contributed by atoms with Crippen LogP contribution in [0.5, 0.6) is 0 Å². The van der Waals surface area contributed by atoms with Gasteiger partial charge >= 0.3 is 11.8 Å². The molecule has 0 spiro atoms. The number of hydrogen-bond acceptors (Lipinski definition) is 8. The number of rotatable bonds is 9. The number of thiazole rings is 1. The number of halogens is 1. The quantitative estimate of drug-likeness (QED) is 0.186. The lowest BCUT2D eigenvalue weighted by atomic mass is 10.2. The molecule has 0 fully saturated rings. The molecular formula is C22H28IN7O4S. The first-order chi connectivity index (χ1) is 16.8. The van der Waals surface area contributed by atoms with Crippen molar-refractivity contribution in [2.24, 2.45) is 0 Å². The first-order valence-electron chi connectivity index (χ1n) is 11.1. The number of nitrogens with one attached hydrogen (secondary N) is 4. The Bertz CT molecular complexity index is 1080. The second kappa shape index (κ2) is 12.9. The van der Waals surface area contributed by atoms with Crippen molar-refractivity contribution in [1.82, 2.24) is 30.8 Å². The zero-order chi connectivity index (χ0) is 25.4. The molecule has 0 radical (unpaired) electrons. The molecule has 1 aliphatic heterocycles. The molecule has 35 heavy (non-hydrogen) atoms. The van der Waals surface area contributed by atoms with Gasteiger partial charge in [-0.1, -0.05) is 28.7 Å². The highest BCUT2D eigenvalue weighted by Gasteiger charge is 2.25. The third-order valence-corrected chi connectivity index (χ3v) is 7.16. The molecule has 0 bridgehead atoms.